The third kappa shape index (κ3) is 8.52. The fourth-order valence-corrected chi connectivity index (χ4v) is 1.59. The van der Waals surface area contributed by atoms with Crippen LogP contribution in [0.4, 0.5) is 0 Å². The fraction of sp³-hybridized carbons (Fsp3) is 1.00. The second-order valence-corrected chi connectivity index (χ2v) is 3.84. The molecule has 0 heterocycles. The Balaban J connectivity index is 3.04. The minimum absolute atomic E-state index is 1.18. The zero-order chi connectivity index (χ0) is 10.6. The molecule has 0 unspecified atom stereocenters. The van der Waals surface area contributed by atoms with Crippen molar-refractivity contribution in [2.75, 3.05) is 32.7 Å². The van der Waals surface area contributed by atoms with Crippen molar-refractivity contribution in [3.05, 3.63) is 0 Å². The van der Waals surface area contributed by atoms with Crippen LogP contribution in [0.25, 0.3) is 0 Å². The summed E-state index contributed by atoms with van der Waals surface area (Å²) in [4.78, 5) is 2.48. The maximum absolute atomic E-state index is 3.50. The van der Waals surface area contributed by atoms with Crippen LogP contribution in [0, 0.1) is 0 Å². The molecular formula is C12H28N2. The van der Waals surface area contributed by atoms with Gasteiger partial charge in [0, 0.05) is 0 Å². The highest BCUT2D eigenvalue weighted by molar-refractivity contribution is 4.55. The highest BCUT2D eigenvalue weighted by atomic mass is 15.1. The largest absolute Gasteiger partial charge is 0.317 e. The van der Waals surface area contributed by atoms with E-state index >= 15 is 0 Å². The zero-order valence-electron chi connectivity index (χ0n) is 10.3. The van der Waals surface area contributed by atoms with Gasteiger partial charge in [-0.2, -0.15) is 0 Å². The maximum Gasteiger partial charge on any atom is -0.000687 e. The molecule has 0 aliphatic rings. The Bertz CT molecular complexity index is 100. The molecule has 2 heteroatoms. The first-order chi connectivity index (χ1) is 6.85. The number of nitrogens with zero attached hydrogens (tertiary/aromatic N) is 1. The standard InChI is InChI=1S/C12H28N2/c1-4-7-8-10-13-11-9-12-14(5-2)6-3/h13H,4-12H2,1-3H3. The molecule has 0 aromatic carbocycles. The van der Waals surface area contributed by atoms with Crippen LogP contribution in [0.1, 0.15) is 46.5 Å². The van der Waals surface area contributed by atoms with Gasteiger partial charge in [0.15, 0.2) is 0 Å². The molecule has 14 heavy (non-hydrogen) atoms. The van der Waals surface area contributed by atoms with Gasteiger partial charge in [0.1, 0.15) is 0 Å². The lowest BCUT2D eigenvalue weighted by Gasteiger charge is -2.17. The van der Waals surface area contributed by atoms with Gasteiger partial charge in [0.25, 0.3) is 0 Å². The van der Waals surface area contributed by atoms with Crippen molar-refractivity contribution in [3.8, 4) is 0 Å². The number of hydrogen-bond donors (Lipinski definition) is 1. The monoisotopic (exact) mass is 200 g/mol. The summed E-state index contributed by atoms with van der Waals surface area (Å²) in [6.45, 7) is 12.7. The van der Waals surface area contributed by atoms with Crippen LogP contribution in [-0.4, -0.2) is 37.6 Å². The lowest BCUT2D eigenvalue weighted by atomic mass is 10.2. The van der Waals surface area contributed by atoms with Gasteiger partial charge in [-0.25, -0.2) is 0 Å². The number of rotatable bonds is 10. The van der Waals surface area contributed by atoms with E-state index in [0.717, 1.165) is 0 Å². The molecule has 0 aliphatic carbocycles. The number of nitrogens with one attached hydrogen (secondary N) is 1. The van der Waals surface area contributed by atoms with Crippen molar-refractivity contribution in [2.24, 2.45) is 0 Å². The van der Waals surface area contributed by atoms with E-state index in [1.165, 1.54) is 58.4 Å². The van der Waals surface area contributed by atoms with Gasteiger partial charge in [0.2, 0.25) is 0 Å². The first kappa shape index (κ1) is 13.9. The van der Waals surface area contributed by atoms with Gasteiger partial charge >= 0.3 is 0 Å². The van der Waals surface area contributed by atoms with E-state index in [2.05, 4.69) is 31.0 Å². The first-order valence-electron chi connectivity index (χ1n) is 6.28. The molecule has 0 radical (unpaired) electrons. The smallest absolute Gasteiger partial charge is 0.000687 e. The predicted octanol–water partition coefficient (Wildman–Crippen LogP) is 2.50. The third-order valence-corrected chi connectivity index (χ3v) is 2.68. The maximum atomic E-state index is 3.50. The van der Waals surface area contributed by atoms with Crippen LogP contribution < -0.4 is 5.32 Å². The summed E-state index contributed by atoms with van der Waals surface area (Å²) < 4.78 is 0. The van der Waals surface area contributed by atoms with Crippen molar-refractivity contribution in [3.63, 3.8) is 0 Å². The molecule has 0 saturated carbocycles. The lowest BCUT2D eigenvalue weighted by molar-refractivity contribution is 0.298. The molecule has 0 aliphatic heterocycles. The lowest BCUT2D eigenvalue weighted by Crippen LogP contribution is -2.27. The molecule has 2 nitrogen and oxygen atoms in total. The Labute approximate surface area is 90.1 Å². The molecule has 0 bridgehead atoms. The summed E-state index contributed by atoms with van der Waals surface area (Å²) in [5.74, 6) is 0. The highest BCUT2D eigenvalue weighted by Crippen LogP contribution is 1.92. The van der Waals surface area contributed by atoms with Crippen LogP contribution >= 0.6 is 0 Å². The molecule has 0 saturated heterocycles. The Morgan fingerprint density at radius 3 is 2.07 bits per heavy atom. The quantitative estimate of drug-likeness (QED) is 0.545. The number of unbranched alkanes of at least 4 members (excludes halogenated alkanes) is 2. The second kappa shape index (κ2) is 11.0. The summed E-state index contributed by atoms with van der Waals surface area (Å²) in [6, 6.07) is 0. The topological polar surface area (TPSA) is 15.3 Å². The van der Waals surface area contributed by atoms with E-state index in [1.54, 1.807) is 0 Å². The van der Waals surface area contributed by atoms with Crippen molar-refractivity contribution >= 4 is 0 Å². The SMILES string of the molecule is CCCCCNCCCN(CC)CC. The van der Waals surface area contributed by atoms with Crippen molar-refractivity contribution < 1.29 is 0 Å². The van der Waals surface area contributed by atoms with E-state index < -0.39 is 0 Å². The summed E-state index contributed by atoms with van der Waals surface area (Å²) in [7, 11) is 0. The molecular weight excluding hydrogens is 172 g/mol. The normalized spacial score (nSPS) is 11.1. The Kier molecular flexibility index (Phi) is 10.9. The summed E-state index contributed by atoms with van der Waals surface area (Å²) >= 11 is 0. The average molecular weight is 200 g/mol. The second-order valence-electron chi connectivity index (χ2n) is 3.84. The van der Waals surface area contributed by atoms with Gasteiger partial charge in [-0.05, 0) is 45.6 Å². The summed E-state index contributed by atoms with van der Waals surface area (Å²) in [6.07, 6.45) is 5.31. The zero-order valence-corrected chi connectivity index (χ0v) is 10.3. The van der Waals surface area contributed by atoms with Gasteiger partial charge < -0.3 is 10.2 Å². The minimum Gasteiger partial charge on any atom is -0.317 e. The van der Waals surface area contributed by atoms with Crippen LogP contribution in [-0.2, 0) is 0 Å². The average Bonchev–Trinajstić information content (AvgIpc) is 2.22. The Morgan fingerprint density at radius 1 is 0.857 bits per heavy atom. The number of hydrogen-bond acceptors (Lipinski definition) is 2. The van der Waals surface area contributed by atoms with Crippen molar-refractivity contribution in [1.82, 2.24) is 10.2 Å². The van der Waals surface area contributed by atoms with E-state index in [4.69, 9.17) is 0 Å². The van der Waals surface area contributed by atoms with Gasteiger partial charge in [-0.3, -0.25) is 0 Å². The van der Waals surface area contributed by atoms with E-state index in [-0.39, 0.29) is 0 Å². The van der Waals surface area contributed by atoms with Gasteiger partial charge in [-0.15, -0.1) is 0 Å². The van der Waals surface area contributed by atoms with Crippen LogP contribution in [0.2, 0.25) is 0 Å². The molecule has 0 rings (SSSR count). The Morgan fingerprint density at radius 2 is 1.50 bits per heavy atom. The fourth-order valence-electron chi connectivity index (χ4n) is 1.59. The molecule has 0 aromatic heterocycles. The van der Waals surface area contributed by atoms with Crippen molar-refractivity contribution in [1.29, 1.82) is 0 Å². The van der Waals surface area contributed by atoms with Crippen LogP contribution in [0.15, 0.2) is 0 Å². The molecule has 1 N–H and O–H groups in total. The van der Waals surface area contributed by atoms with Gasteiger partial charge in [0.05, 0.1) is 0 Å². The first-order valence-corrected chi connectivity index (χ1v) is 6.28. The van der Waals surface area contributed by atoms with Crippen LogP contribution in [0.3, 0.4) is 0 Å². The van der Waals surface area contributed by atoms with Crippen molar-refractivity contribution in [2.45, 2.75) is 46.5 Å². The molecule has 0 spiro atoms. The molecule has 0 amide bonds. The van der Waals surface area contributed by atoms with E-state index in [9.17, 15) is 0 Å². The Hall–Kier alpha value is -0.0800. The summed E-state index contributed by atoms with van der Waals surface area (Å²) in [5.41, 5.74) is 0. The molecule has 0 fully saturated rings. The van der Waals surface area contributed by atoms with Gasteiger partial charge in [-0.1, -0.05) is 33.6 Å². The van der Waals surface area contributed by atoms with Crippen LogP contribution in [0.5, 0.6) is 0 Å². The predicted molar refractivity (Wildman–Crippen MR) is 64.8 cm³/mol. The van der Waals surface area contributed by atoms with E-state index in [1.807, 2.05) is 0 Å². The molecule has 0 aromatic rings. The minimum atomic E-state index is 1.18. The summed E-state index contributed by atoms with van der Waals surface area (Å²) in [5, 5.41) is 3.50. The van der Waals surface area contributed by atoms with E-state index in [0.29, 0.717) is 0 Å². The molecule has 0 atom stereocenters. The molecule has 86 valence electrons. The highest BCUT2D eigenvalue weighted by Gasteiger charge is 1.96. The third-order valence-electron chi connectivity index (χ3n) is 2.68.